The summed E-state index contributed by atoms with van der Waals surface area (Å²) < 4.78 is 8.47. The van der Waals surface area contributed by atoms with Crippen LogP contribution in [0, 0.1) is 13.8 Å². The number of carbonyl (C=O) groups excluding carboxylic acids is 1. The number of aromatic nitrogens is 1. The molecule has 3 aromatic rings. The van der Waals surface area contributed by atoms with Crippen LogP contribution in [0.1, 0.15) is 28.4 Å². The summed E-state index contributed by atoms with van der Waals surface area (Å²) in [5.41, 5.74) is 4.18. The monoisotopic (exact) mass is 400 g/mol. The molecule has 0 aliphatic carbocycles. The number of hydrogen-bond acceptors (Lipinski definition) is 4. The molecule has 0 atom stereocenters. The van der Waals surface area contributed by atoms with Crippen molar-refractivity contribution in [3.8, 4) is 0 Å². The number of aryl methyl sites for hydroxylation is 2. The molecule has 1 heterocycles. The average molecular weight is 401 g/mol. The maximum atomic E-state index is 12.7. The molecule has 0 aliphatic heterocycles. The third-order valence-electron chi connectivity index (χ3n) is 4.43. The number of rotatable bonds is 6. The highest BCUT2D eigenvalue weighted by molar-refractivity contribution is 7.99. The van der Waals surface area contributed by atoms with Crippen molar-refractivity contribution in [3.63, 3.8) is 0 Å². The Morgan fingerprint density at radius 2 is 1.89 bits per heavy atom. The van der Waals surface area contributed by atoms with Gasteiger partial charge in [0, 0.05) is 24.1 Å². The summed E-state index contributed by atoms with van der Waals surface area (Å²) in [4.78, 5) is 19.0. The molecule has 4 nitrogen and oxygen atoms in total. The fourth-order valence-corrected chi connectivity index (χ4v) is 4.61. The first kappa shape index (κ1) is 19.9. The molecule has 6 heteroatoms. The van der Waals surface area contributed by atoms with Crippen molar-refractivity contribution < 1.29 is 9.53 Å². The number of thioether (sulfide) groups is 1. The van der Waals surface area contributed by atoms with Gasteiger partial charge < -0.3 is 9.30 Å². The normalized spacial score (nSPS) is 12.1. The summed E-state index contributed by atoms with van der Waals surface area (Å²) in [5.74, 6) is 0.798. The molecule has 0 fully saturated rings. The Bertz CT molecular complexity index is 1020. The van der Waals surface area contributed by atoms with Crippen LogP contribution < -0.4 is 4.80 Å². The van der Waals surface area contributed by atoms with Gasteiger partial charge in [0.25, 0.3) is 5.91 Å². The lowest BCUT2D eigenvalue weighted by atomic mass is 10.1. The van der Waals surface area contributed by atoms with Crippen LogP contribution in [0.4, 0.5) is 0 Å². The summed E-state index contributed by atoms with van der Waals surface area (Å²) in [6.07, 6.45) is 0. The molecule has 0 saturated heterocycles. The highest BCUT2D eigenvalue weighted by atomic mass is 32.2. The molecule has 1 amide bonds. The second-order valence-electron chi connectivity index (χ2n) is 6.31. The van der Waals surface area contributed by atoms with Crippen LogP contribution in [0.25, 0.3) is 10.2 Å². The highest BCUT2D eigenvalue weighted by Gasteiger charge is 2.11. The Labute approximate surface area is 167 Å². The van der Waals surface area contributed by atoms with Gasteiger partial charge in [-0.15, -0.1) is 11.8 Å². The predicted octanol–water partition coefficient (Wildman–Crippen LogP) is 4.82. The van der Waals surface area contributed by atoms with E-state index in [1.165, 1.54) is 11.1 Å². The van der Waals surface area contributed by atoms with Crippen molar-refractivity contribution >= 4 is 39.2 Å². The highest BCUT2D eigenvalue weighted by Crippen LogP contribution is 2.22. The first-order valence-electron chi connectivity index (χ1n) is 8.95. The van der Waals surface area contributed by atoms with Gasteiger partial charge in [0.1, 0.15) is 0 Å². The van der Waals surface area contributed by atoms with E-state index in [-0.39, 0.29) is 5.91 Å². The molecule has 0 radical (unpaired) electrons. The standard InChI is InChI=1S/C21H24N2O2S2/c1-5-26-17-8-6-16(7-9-17)20(24)22-21-23(10-11-25-4)18-12-14(2)15(3)13-19(18)27-21/h6-9,12-13H,5,10-11H2,1-4H3. The minimum absolute atomic E-state index is 0.214. The predicted molar refractivity (Wildman–Crippen MR) is 114 cm³/mol. The number of methoxy groups -OCH3 is 1. The van der Waals surface area contributed by atoms with Crippen LogP contribution in [0.5, 0.6) is 0 Å². The van der Waals surface area contributed by atoms with E-state index in [4.69, 9.17) is 4.74 Å². The largest absolute Gasteiger partial charge is 0.383 e. The number of nitrogens with zero attached hydrogens (tertiary/aromatic N) is 2. The topological polar surface area (TPSA) is 43.6 Å². The lowest BCUT2D eigenvalue weighted by Crippen LogP contribution is -2.19. The van der Waals surface area contributed by atoms with E-state index in [1.54, 1.807) is 30.2 Å². The summed E-state index contributed by atoms with van der Waals surface area (Å²) >= 11 is 3.31. The second kappa shape index (κ2) is 8.87. The molecule has 0 unspecified atom stereocenters. The second-order valence-corrected chi connectivity index (χ2v) is 8.65. The number of hydrogen-bond donors (Lipinski definition) is 0. The summed E-state index contributed by atoms with van der Waals surface area (Å²) in [6.45, 7) is 7.56. The van der Waals surface area contributed by atoms with Crippen molar-refractivity contribution in [2.24, 2.45) is 4.99 Å². The zero-order chi connectivity index (χ0) is 19.4. The number of fused-ring (bicyclic) bond motifs is 1. The third kappa shape index (κ3) is 4.51. The van der Waals surface area contributed by atoms with Gasteiger partial charge in [0.15, 0.2) is 4.80 Å². The first-order chi connectivity index (χ1) is 13.0. The molecule has 27 heavy (non-hydrogen) atoms. The van der Waals surface area contributed by atoms with E-state index in [0.717, 1.165) is 20.9 Å². The molecule has 1 aromatic heterocycles. The molecule has 0 N–H and O–H groups in total. The van der Waals surface area contributed by atoms with Gasteiger partial charge in [-0.1, -0.05) is 18.3 Å². The molecule has 2 aromatic carbocycles. The number of ether oxygens (including phenoxy) is 1. The van der Waals surface area contributed by atoms with Crippen LogP contribution in [0.15, 0.2) is 46.3 Å². The Hall–Kier alpha value is -1.89. The molecular formula is C21H24N2O2S2. The van der Waals surface area contributed by atoms with Crippen molar-refractivity contribution in [1.82, 2.24) is 4.57 Å². The van der Waals surface area contributed by atoms with Crippen molar-refractivity contribution in [3.05, 3.63) is 57.9 Å². The summed E-state index contributed by atoms with van der Waals surface area (Å²) in [7, 11) is 1.68. The van der Waals surface area contributed by atoms with E-state index in [2.05, 4.69) is 42.5 Å². The Morgan fingerprint density at radius 3 is 2.56 bits per heavy atom. The molecule has 0 bridgehead atoms. The van der Waals surface area contributed by atoms with Crippen LogP contribution >= 0.6 is 23.1 Å². The van der Waals surface area contributed by atoms with E-state index < -0.39 is 0 Å². The van der Waals surface area contributed by atoms with Gasteiger partial charge in [-0.3, -0.25) is 4.79 Å². The number of carbonyl (C=O) groups is 1. The van der Waals surface area contributed by atoms with Gasteiger partial charge >= 0.3 is 0 Å². The molecule has 142 valence electrons. The van der Waals surface area contributed by atoms with Crippen LogP contribution in [0.3, 0.4) is 0 Å². The Balaban J connectivity index is 2.04. The quantitative estimate of drug-likeness (QED) is 0.557. The Kier molecular flexibility index (Phi) is 6.52. The summed E-state index contributed by atoms with van der Waals surface area (Å²) in [5, 5.41) is 0. The Morgan fingerprint density at radius 1 is 1.19 bits per heavy atom. The van der Waals surface area contributed by atoms with Crippen molar-refractivity contribution in [2.75, 3.05) is 19.5 Å². The van der Waals surface area contributed by atoms with Crippen molar-refractivity contribution in [1.29, 1.82) is 0 Å². The molecular weight excluding hydrogens is 376 g/mol. The maximum Gasteiger partial charge on any atom is 0.279 e. The van der Waals surface area contributed by atoms with Crippen LogP contribution in [0.2, 0.25) is 0 Å². The van der Waals surface area contributed by atoms with E-state index in [0.29, 0.717) is 23.5 Å². The average Bonchev–Trinajstić information content (AvgIpc) is 2.97. The zero-order valence-electron chi connectivity index (χ0n) is 16.1. The van der Waals surface area contributed by atoms with Gasteiger partial charge in [0.05, 0.1) is 16.8 Å². The lowest BCUT2D eigenvalue weighted by Gasteiger charge is -2.06. The third-order valence-corrected chi connectivity index (χ3v) is 6.36. The van der Waals surface area contributed by atoms with Gasteiger partial charge in [-0.25, -0.2) is 0 Å². The van der Waals surface area contributed by atoms with E-state index >= 15 is 0 Å². The SMILES string of the molecule is CCSc1ccc(C(=O)N=c2sc3cc(C)c(C)cc3n2CCOC)cc1. The van der Waals surface area contributed by atoms with Crippen molar-refractivity contribution in [2.45, 2.75) is 32.2 Å². The van der Waals surface area contributed by atoms with Crippen LogP contribution in [-0.4, -0.2) is 29.9 Å². The smallest absolute Gasteiger partial charge is 0.279 e. The number of benzene rings is 2. The fourth-order valence-electron chi connectivity index (χ4n) is 2.82. The minimum Gasteiger partial charge on any atom is -0.383 e. The lowest BCUT2D eigenvalue weighted by molar-refractivity contribution is 0.0997. The molecule has 3 rings (SSSR count). The van der Waals surface area contributed by atoms with Gasteiger partial charge in [-0.2, -0.15) is 4.99 Å². The fraction of sp³-hybridized carbons (Fsp3) is 0.333. The summed E-state index contributed by atoms with van der Waals surface area (Å²) in [6, 6.07) is 12.0. The number of thiazole rings is 1. The number of amides is 1. The van der Waals surface area contributed by atoms with Gasteiger partial charge in [-0.05, 0) is 67.1 Å². The van der Waals surface area contributed by atoms with Crippen LogP contribution in [-0.2, 0) is 11.3 Å². The van der Waals surface area contributed by atoms with E-state index in [1.807, 2.05) is 24.3 Å². The maximum absolute atomic E-state index is 12.7. The molecule has 0 aliphatic rings. The molecule has 0 saturated carbocycles. The van der Waals surface area contributed by atoms with Gasteiger partial charge in [0.2, 0.25) is 0 Å². The first-order valence-corrected chi connectivity index (χ1v) is 10.7. The molecule has 0 spiro atoms. The zero-order valence-corrected chi connectivity index (χ0v) is 17.7. The van der Waals surface area contributed by atoms with E-state index in [9.17, 15) is 4.79 Å². The minimum atomic E-state index is -0.214.